The lowest BCUT2D eigenvalue weighted by Gasteiger charge is -2.12. The van der Waals surface area contributed by atoms with Gasteiger partial charge < -0.3 is 15.4 Å². The summed E-state index contributed by atoms with van der Waals surface area (Å²) in [4.78, 5) is 13.2. The van der Waals surface area contributed by atoms with Gasteiger partial charge in [-0.25, -0.2) is 4.79 Å². The van der Waals surface area contributed by atoms with Crippen molar-refractivity contribution in [2.75, 3.05) is 13.1 Å². The zero-order valence-electron chi connectivity index (χ0n) is 10.1. The summed E-state index contributed by atoms with van der Waals surface area (Å²) in [6.07, 6.45) is 0.610. The quantitative estimate of drug-likeness (QED) is 0.859. The Morgan fingerprint density at radius 1 is 1.35 bits per heavy atom. The molecule has 1 saturated heterocycles. The number of rotatable bonds is 4. The van der Waals surface area contributed by atoms with Gasteiger partial charge in [0.1, 0.15) is 6.10 Å². The summed E-state index contributed by atoms with van der Waals surface area (Å²) in [6, 6.07) is 8.30. The second-order valence-electron chi connectivity index (χ2n) is 4.29. The van der Waals surface area contributed by atoms with Crippen LogP contribution in [-0.4, -0.2) is 30.2 Å². The molecule has 1 aromatic carbocycles. The topological polar surface area (TPSA) is 55.6 Å². The van der Waals surface area contributed by atoms with Crippen molar-refractivity contribution in [3.05, 3.63) is 35.4 Å². The van der Waals surface area contributed by atoms with Gasteiger partial charge in [0.2, 0.25) is 0 Å². The molecule has 0 spiro atoms. The predicted molar refractivity (Wildman–Crippen MR) is 65.6 cm³/mol. The van der Waals surface area contributed by atoms with Crippen LogP contribution < -0.4 is 5.73 Å². The first-order valence-electron chi connectivity index (χ1n) is 5.96. The maximum Gasteiger partial charge on any atom is 0.410 e. The van der Waals surface area contributed by atoms with Crippen LogP contribution in [0.5, 0.6) is 0 Å². The van der Waals surface area contributed by atoms with Gasteiger partial charge in [0.15, 0.2) is 0 Å². The van der Waals surface area contributed by atoms with Crippen molar-refractivity contribution >= 4 is 6.09 Å². The molecule has 92 valence electrons. The highest BCUT2D eigenvalue weighted by atomic mass is 16.6. The number of carbonyl (C=O) groups is 1. The van der Waals surface area contributed by atoms with Gasteiger partial charge in [-0.3, -0.25) is 0 Å². The predicted octanol–water partition coefficient (Wildman–Crippen LogP) is 1.53. The highest BCUT2D eigenvalue weighted by Gasteiger charge is 2.29. The van der Waals surface area contributed by atoms with Gasteiger partial charge in [0, 0.05) is 13.1 Å². The molecule has 0 bridgehead atoms. The van der Waals surface area contributed by atoms with Gasteiger partial charge in [-0.05, 0) is 17.5 Å². The van der Waals surface area contributed by atoms with Crippen molar-refractivity contribution in [2.24, 2.45) is 5.73 Å². The lowest BCUT2D eigenvalue weighted by Crippen LogP contribution is -2.27. The Morgan fingerprint density at radius 2 is 2.00 bits per heavy atom. The molecule has 2 rings (SSSR count). The zero-order valence-corrected chi connectivity index (χ0v) is 10.1. The Bertz CT molecular complexity index is 389. The molecule has 0 radical (unpaired) electrons. The molecule has 4 nitrogen and oxygen atoms in total. The number of nitrogens with two attached hydrogens (primary N) is 1. The van der Waals surface area contributed by atoms with E-state index in [1.165, 1.54) is 5.56 Å². The van der Waals surface area contributed by atoms with Crippen LogP contribution in [0.4, 0.5) is 4.79 Å². The minimum Gasteiger partial charge on any atom is -0.443 e. The monoisotopic (exact) mass is 234 g/mol. The molecule has 0 aromatic heterocycles. The second-order valence-corrected chi connectivity index (χ2v) is 4.29. The van der Waals surface area contributed by atoms with Crippen LogP contribution in [0.25, 0.3) is 0 Å². The first kappa shape index (κ1) is 11.9. The maximum atomic E-state index is 11.5. The number of hydrogen-bond donors (Lipinski definition) is 1. The molecule has 1 fully saturated rings. The minimum absolute atomic E-state index is 0.155. The largest absolute Gasteiger partial charge is 0.443 e. The summed E-state index contributed by atoms with van der Waals surface area (Å²) in [5.74, 6) is 0. The van der Waals surface area contributed by atoms with Crippen LogP contribution in [-0.2, 0) is 17.7 Å². The van der Waals surface area contributed by atoms with Crippen LogP contribution in [0.1, 0.15) is 18.1 Å². The molecule has 1 aliphatic rings. The van der Waals surface area contributed by atoms with Crippen molar-refractivity contribution in [3.63, 3.8) is 0 Å². The molecule has 2 N–H and O–H groups in total. The lowest BCUT2D eigenvalue weighted by molar-refractivity contribution is 0.134. The minimum atomic E-state index is -0.264. The number of benzene rings is 1. The number of amides is 1. The Morgan fingerprint density at radius 3 is 2.53 bits per heavy atom. The fourth-order valence-electron chi connectivity index (χ4n) is 1.93. The van der Waals surface area contributed by atoms with Crippen molar-refractivity contribution in [1.29, 1.82) is 0 Å². The number of ether oxygens (including phenoxy) is 1. The van der Waals surface area contributed by atoms with Crippen LogP contribution >= 0.6 is 0 Å². The number of aryl methyl sites for hydroxylation is 1. The zero-order chi connectivity index (χ0) is 12.3. The van der Waals surface area contributed by atoms with Gasteiger partial charge in [-0.2, -0.15) is 0 Å². The third kappa shape index (κ3) is 2.77. The summed E-state index contributed by atoms with van der Waals surface area (Å²) < 4.78 is 5.10. The third-order valence-electron chi connectivity index (χ3n) is 3.02. The molecule has 1 atom stereocenters. The van der Waals surface area contributed by atoms with Crippen molar-refractivity contribution < 1.29 is 9.53 Å². The summed E-state index contributed by atoms with van der Waals surface area (Å²) >= 11 is 0. The Hall–Kier alpha value is -1.55. The average Bonchev–Trinajstić information content (AvgIpc) is 2.71. The van der Waals surface area contributed by atoms with Gasteiger partial charge in [-0.15, -0.1) is 0 Å². The molecule has 0 saturated carbocycles. The van der Waals surface area contributed by atoms with E-state index < -0.39 is 0 Å². The van der Waals surface area contributed by atoms with E-state index in [-0.39, 0.29) is 12.2 Å². The Labute approximate surface area is 101 Å². The van der Waals surface area contributed by atoms with E-state index in [0.29, 0.717) is 19.6 Å². The molecular weight excluding hydrogens is 216 g/mol. The molecule has 0 aliphatic carbocycles. The summed E-state index contributed by atoms with van der Waals surface area (Å²) in [5, 5.41) is 0. The second kappa shape index (κ2) is 5.19. The SMILES string of the molecule is CCc1ccc(CN2CC(CN)OC2=O)cc1. The van der Waals surface area contributed by atoms with Crippen molar-refractivity contribution in [1.82, 2.24) is 4.90 Å². The molecule has 1 aromatic rings. The number of nitrogens with zero attached hydrogens (tertiary/aromatic N) is 1. The molecule has 1 heterocycles. The van der Waals surface area contributed by atoms with Crippen LogP contribution in [0, 0.1) is 0 Å². The van der Waals surface area contributed by atoms with E-state index >= 15 is 0 Å². The van der Waals surface area contributed by atoms with E-state index in [4.69, 9.17) is 10.5 Å². The van der Waals surface area contributed by atoms with Gasteiger partial charge >= 0.3 is 6.09 Å². The van der Waals surface area contributed by atoms with Crippen LogP contribution in [0.15, 0.2) is 24.3 Å². The number of hydrogen-bond acceptors (Lipinski definition) is 3. The maximum absolute atomic E-state index is 11.5. The van der Waals surface area contributed by atoms with Gasteiger partial charge in [0.05, 0.1) is 6.54 Å². The van der Waals surface area contributed by atoms with Gasteiger partial charge in [-0.1, -0.05) is 31.2 Å². The van der Waals surface area contributed by atoms with Crippen molar-refractivity contribution in [3.8, 4) is 0 Å². The normalized spacial score (nSPS) is 19.5. The summed E-state index contributed by atoms with van der Waals surface area (Å²) in [6.45, 7) is 3.69. The Kier molecular flexibility index (Phi) is 3.64. The summed E-state index contributed by atoms with van der Waals surface area (Å²) in [5.41, 5.74) is 7.91. The first-order valence-corrected chi connectivity index (χ1v) is 5.96. The number of carbonyl (C=O) groups excluding carboxylic acids is 1. The highest BCUT2D eigenvalue weighted by Crippen LogP contribution is 2.15. The third-order valence-corrected chi connectivity index (χ3v) is 3.02. The van der Waals surface area contributed by atoms with Gasteiger partial charge in [0.25, 0.3) is 0 Å². The molecule has 17 heavy (non-hydrogen) atoms. The van der Waals surface area contributed by atoms with E-state index in [1.54, 1.807) is 4.90 Å². The number of cyclic esters (lactones) is 1. The van der Waals surface area contributed by atoms with Crippen LogP contribution in [0.2, 0.25) is 0 Å². The first-order chi connectivity index (χ1) is 8.22. The fraction of sp³-hybridized carbons (Fsp3) is 0.462. The summed E-state index contributed by atoms with van der Waals surface area (Å²) in [7, 11) is 0. The molecule has 1 unspecified atom stereocenters. The fourth-order valence-corrected chi connectivity index (χ4v) is 1.93. The lowest BCUT2D eigenvalue weighted by atomic mass is 10.1. The van der Waals surface area contributed by atoms with E-state index in [0.717, 1.165) is 12.0 Å². The standard InChI is InChI=1S/C13H18N2O2/c1-2-10-3-5-11(6-4-10)8-15-9-12(7-14)17-13(15)16/h3-6,12H,2,7-9,14H2,1H3. The molecular formula is C13H18N2O2. The average molecular weight is 234 g/mol. The highest BCUT2D eigenvalue weighted by molar-refractivity contribution is 5.69. The van der Waals surface area contributed by atoms with Crippen LogP contribution in [0.3, 0.4) is 0 Å². The smallest absolute Gasteiger partial charge is 0.410 e. The molecule has 1 aliphatic heterocycles. The molecule has 4 heteroatoms. The molecule has 1 amide bonds. The van der Waals surface area contributed by atoms with Crippen molar-refractivity contribution in [2.45, 2.75) is 26.0 Å². The Balaban J connectivity index is 1.98. The van der Waals surface area contributed by atoms with E-state index in [1.807, 2.05) is 0 Å². The van der Waals surface area contributed by atoms with E-state index in [2.05, 4.69) is 31.2 Å². The van der Waals surface area contributed by atoms with E-state index in [9.17, 15) is 4.79 Å².